The zero-order valence-electron chi connectivity index (χ0n) is 10.2. The van der Waals surface area contributed by atoms with E-state index in [2.05, 4.69) is 25.8 Å². The van der Waals surface area contributed by atoms with Crippen molar-refractivity contribution in [2.75, 3.05) is 20.1 Å². The van der Waals surface area contributed by atoms with Gasteiger partial charge in [-0.1, -0.05) is 33.6 Å². The lowest BCUT2D eigenvalue weighted by Crippen LogP contribution is -2.34. The molecule has 0 fully saturated rings. The number of hydrogen-bond donors (Lipinski definition) is 0. The fraction of sp³-hybridized carbons (Fsp3) is 0.917. The maximum Gasteiger partial charge on any atom is 0.127 e. The number of aldehydes is 1. The molecular weight excluding hydrogens is 174 g/mol. The monoisotopic (exact) mass is 199 g/mol. The molecule has 0 heterocycles. The minimum Gasteiger partial charge on any atom is -0.305 e. The summed E-state index contributed by atoms with van der Waals surface area (Å²) in [5.41, 5.74) is -0.152. The molecule has 0 aliphatic heterocycles. The van der Waals surface area contributed by atoms with E-state index in [1.165, 1.54) is 19.3 Å². The number of hydrogen-bond acceptors (Lipinski definition) is 2. The first-order chi connectivity index (χ1) is 6.58. The van der Waals surface area contributed by atoms with E-state index >= 15 is 0 Å². The van der Waals surface area contributed by atoms with Crippen LogP contribution in [0.3, 0.4) is 0 Å². The quantitative estimate of drug-likeness (QED) is 0.442. The van der Waals surface area contributed by atoms with Gasteiger partial charge < -0.3 is 9.69 Å². The van der Waals surface area contributed by atoms with Gasteiger partial charge in [0.1, 0.15) is 6.29 Å². The lowest BCUT2D eigenvalue weighted by Gasteiger charge is -2.27. The molecule has 0 N–H and O–H groups in total. The van der Waals surface area contributed by atoms with Crippen LogP contribution in [0.5, 0.6) is 0 Å². The van der Waals surface area contributed by atoms with Crippen LogP contribution in [0.15, 0.2) is 0 Å². The number of carbonyl (C=O) groups is 1. The van der Waals surface area contributed by atoms with Gasteiger partial charge >= 0.3 is 0 Å². The molecule has 2 nitrogen and oxygen atoms in total. The van der Waals surface area contributed by atoms with E-state index in [9.17, 15) is 4.79 Å². The predicted molar refractivity (Wildman–Crippen MR) is 61.5 cm³/mol. The zero-order valence-corrected chi connectivity index (χ0v) is 10.2. The van der Waals surface area contributed by atoms with Crippen molar-refractivity contribution in [3.8, 4) is 0 Å². The fourth-order valence-electron chi connectivity index (χ4n) is 1.56. The van der Waals surface area contributed by atoms with Gasteiger partial charge in [0.15, 0.2) is 0 Å². The molecule has 0 aliphatic carbocycles. The predicted octanol–water partition coefficient (Wildman–Crippen LogP) is 2.72. The van der Waals surface area contributed by atoms with Crippen LogP contribution in [-0.2, 0) is 4.79 Å². The highest BCUT2D eigenvalue weighted by molar-refractivity contribution is 5.58. The minimum absolute atomic E-state index is 0.152. The number of nitrogens with zero attached hydrogens (tertiary/aromatic N) is 1. The highest BCUT2D eigenvalue weighted by Gasteiger charge is 2.22. The standard InChI is InChI=1S/C12H25NO/c1-5-7-8-9-13(4)10-12(3,6-2)11-14/h11H,5-10H2,1-4H3. The molecule has 0 aromatic rings. The average molecular weight is 199 g/mol. The molecule has 0 bridgehead atoms. The van der Waals surface area contributed by atoms with Gasteiger partial charge in [-0.25, -0.2) is 0 Å². The molecule has 2 heteroatoms. The van der Waals surface area contributed by atoms with Crippen LogP contribution < -0.4 is 0 Å². The van der Waals surface area contributed by atoms with Crippen molar-refractivity contribution in [3.05, 3.63) is 0 Å². The van der Waals surface area contributed by atoms with Gasteiger partial charge in [0.25, 0.3) is 0 Å². The highest BCUT2D eigenvalue weighted by Crippen LogP contribution is 2.18. The van der Waals surface area contributed by atoms with Crippen LogP contribution in [0.25, 0.3) is 0 Å². The molecule has 0 aliphatic rings. The first-order valence-corrected chi connectivity index (χ1v) is 5.73. The normalized spacial score (nSPS) is 15.5. The van der Waals surface area contributed by atoms with Crippen LogP contribution in [-0.4, -0.2) is 31.3 Å². The van der Waals surface area contributed by atoms with E-state index in [4.69, 9.17) is 0 Å². The van der Waals surface area contributed by atoms with Gasteiger partial charge in [-0.3, -0.25) is 0 Å². The first kappa shape index (κ1) is 13.6. The second-order valence-electron chi connectivity index (χ2n) is 4.57. The molecule has 0 rings (SSSR count). The summed E-state index contributed by atoms with van der Waals surface area (Å²) in [7, 11) is 2.10. The Morgan fingerprint density at radius 2 is 1.93 bits per heavy atom. The van der Waals surface area contributed by atoms with Gasteiger partial charge in [-0.15, -0.1) is 0 Å². The third-order valence-corrected chi connectivity index (χ3v) is 2.87. The SMILES string of the molecule is CCCCCN(C)CC(C)(C=O)CC. The second kappa shape index (κ2) is 6.99. The summed E-state index contributed by atoms with van der Waals surface area (Å²) in [5.74, 6) is 0. The van der Waals surface area contributed by atoms with Crippen molar-refractivity contribution in [2.45, 2.75) is 46.5 Å². The Labute approximate surface area is 88.7 Å². The van der Waals surface area contributed by atoms with E-state index in [-0.39, 0.29) is 5.41 Å². The average Bonchev–Trinajstić information content (AvgIpc) is 2.18. The van der Waals surface area contributed by atoms with Gasteiger partial charge in [-0.05, 0) is 26.4 Å². The van der Waals surface area contributed by atoms with Gasteiger partial charge in [-0.2, -0.15) is 0 Å². The van der Waals surface area contributed by atoms with Gasteiger partial charge in [0.2, 0.25) is 0 Å². The van der Waals surface area contributed by atoms with Crippen molar-refractivity contribution >= 4 is 6.29 Å². The van der Waals surface area contributed by atoms with Crippen molar-refractivity contribution in [3.63, 3.8) is 0 Å². The smallest absolute Gasteiger partial charge is 0.127 e. The number of carbonyl (C=O) groups excluding carboxylic acids is 1. The molecule has 84 valence electrons. The lowest BCUT2D eigenvalue weighted by atomic mass is 9.89. The first-order valence-electron chi connectivity index (χ1n) is 5.73. The Balaban J connectivity index is 3.79. The fourth-order valence-corrected chi connectivity index (χ4v) is 1.56. The summed E-state index contributed by atoms with van der Waals surface area (Å²) in [6, 6.07) is 0. The Bertz CT molecular complexity index is 158. The summed E-state index contributed by atoms with van der Waals surface area (Å²) in [4.78, 5) is 13.2. The third kappa shape index (κ3) is 5.38. The molecule has 0 aromatic heterocycles. The van der Waals surface area contributed by atoms with Crippen molar-refractivity contribution < 1.29 is 4.79 Å². The van der Waals surface area contributed by atoms with Crippen LogP contribution in [0.2, 0.25) is 0 Å². The molecule has 0 saturated heterocycles. The van der Waals surface area contributed by atoms with Crippen molar-refractivity contribution in [1.29, 1.82) is 0 Å². The molecule has 1 unspecified atom stereocenters. The van der Waals surface area contributed by atoms with Gasteiger partial charge in [0.05, 0.1) is 0 Å². The highest BCUT2D eigenvalue weighted by atomic mass is 16.1. The topological polar surface area (TPSA) is 20.3 Å². The summed E-state index contributed by atoms with van der Waals surface area (Å²) in [6.45, 7) is 8.32. The Morgan fingerprint density at radius 1 is 1.29 bits per heavy atom. The minimum atomic E-state index is -0.152. The van der Waals surface area contributed by atoms with E-state index < -0.39 is 0 Å². The zero-order chi connectivity index (χ0) is 11.0. The Morgan fingerprint density at radius 3 is 2.36 bits per heavy atom. The van der Waals surface area contributed by atoms with E-state index in [0.717, 1.165) is 25.8 Å². The van der Waals surface area contributed by atoms with E-state index in [1.54, 1.807) is 0 Å². The second-order valence-corrected chi connectivity index (χ2v) is 4.57. The third-order valence-electron chi connectivity index (χ3n) is 2.87. The van der Waals surface area contributed by atoms with E-state index in [1.807, 2.05) is 6.92 Å². The summed E-state index contributed by atoms with van der Waals surface area (Å²) >= 11 is 0. The molecule has 0 saturated carbocycles. The summed E-state index contributed by atoms with van der Waals surface area (Å²) in [6.07, 6.45) is 5.81. The lowest BCUT2D eigenvalue weighted by molar-refractivity contribution is -0.116. The molecule has 0 aromatic carbocycles. The number of rotatable bonds is 8. The van der Waals surface area contributed by atoms with Crippen LogP contribution in [0.4, 0.5) is 0 Å². The maximum absolute atomic E-state index is 10.9. The molecule has 14 heavy (non-hydrogen) atoms. The molecular formula is C12H25NO. The molecule has 0 radical (unpaired) electrons. The van der Waals surface area contributed by atoms with Crippen LogP contribution >= 0.6 is 0 Å². The van der Waals surface area contributed by atoms with Gasteiger partial charge in [0, 0.05) is 12.0 Å². The van der Waals surface area contributed by atoms with Crippen LogP contribution in [0.1, 0.15) is 46.5 Å². The maximum atomic E-state index is 10.9. The molecule has 1 atom stereocenters. The molecule has 0 amide bonds. The summed E-state index contributed by atoms with van der Waals surface area (Å²) in [5, 5.41) is 0. The Kier molecular flexibility index (Phi) is 6.81. The summed E-state index contributed by atoms with van der Waals surface area (Å²) < 4.78 is 0. The largest absolute Gasteiger partial charge is 0.305 e. The number of unbranched alkanes of at least 4 members (excludes halogenated alkanes) is 2. The van der Waals surface area contributed by atoms with E-state index in [0.29, 0.717) is 0 Å². The van der Waals surface area contributed by atoms with Crippen molar-refractivity contribution in [2.24, 2.45) is 5.41 Å². The van der Waals surface area contributed by atoms with Crippen molar-refractivity contribution in [1.82, 2.24) is 4.90 Å². The molecule has 0 spiro atoms. The Hall–Kier alpha value is -0.370. The van der Waals surface area contributed by atoms with Crippen LogP contribution in [0, 0.1) is 5.41 Å².